The van der Waals surface area contributed by atoms with Gasteiger partial charge in [-0.3, -0.25) is 4.79 Å². The third-order valence-corrected chi connectivity index (χ3v) is 5.06. The molecule has 0 fully saturated rings. The van der Waals surface area contributed by atoms with Gasteiger partial charge in [-0.1, -0.05) is 30.3 Å². The van der Waals surface area contributed by atoms with Crippen LogP contribution in [0, 0.1) is 12.7 Å². The Kier molecular flexibility index (Phi) is 6.19. The van der Waals surface area contributed by atoms with Crippen LogP contribution in [0.3, 0.4) is 0 Å². The number of hydrogen-bond acceptors (Lipinski definition) is 4. The van der Waals surface area contributed by atoms with Crippen LogP contribution < -0.4 is 4.74 Å². The highest BCUT2D eigenvalue weighted by molar-refractivity contribution is 7.15. The monoisotopic (exact) mass is 384 g/mol. The van der Waals surface area contributed by atoms with Crippen molar-refractivity contribution in [1.82, 2.24) is 9.88 Å². The molecule has 0 aliphatic carbocycles. The Hall–Kier alpha value is -2.73. The molecule has 0 aliphatic rings. The molecule has 0 atom stereocenters. The SMILES string of the molecule is Cc1nc(C(=O)N(C)CCCOc2ccc(F)cc2)c(-c2ccccc2)s1. The second-order valence-corrected chi connectivity index (χ2v) is 7.36. The highest BCUT2D eigenvalue weighted by Gasteiger charge is 2.21. The van der Waals surface area contributed by atoms with Crippen LogP contribution in [0.4, 0.5) is 4.39 Å². The van der Waals surface area contributed by atoms with Gasteiger partial charge in [-0.15, -0.1) is 11.3 Å². The Morgan fingerprint density at radius 3 is 2.56 bits per heavy atom. The highest BCUT2D eigenvalue weighted by Crippen LogP contribution is 2.30. The number of nitrogens with zero attached hydrogens (tertiary/aromatic N) is 2. The van der Waals surface area contributed by atoms with Crippen molar-refractivity contribution in [3.63, 3.8) is 0 Å². The van der Waals surface area contributed by atoms with Gasteiger partial charge in [-0.2, -0.15) is 0 Å². The lowest BCUT2D eigenvalue weighted by Gasteiger charge is -2.17. The number of aryl methyl sites for hydroxylation is 1. The molecule has 0 aliphatic heterocycles. The van der Waals surface area contributed by atoms with E-state index in [4.69, 9.17) is 4.74 Å². The summed E-state index contributed by atoms with van der Waals surface area (Å²) >= 11 is 1.53. The molecular weight excluding hydrogens is 363 g/mol. The van der Waals surface area contributed by atoms with Crippen molar-refractivity contribution < 1.29 is 13.9 Å². The maximum Gasteiger partial charge on any atom is 0.273 e. The van der Waals surface area contributed by atoms with E-state index in [0.29, 0.717) is 31.0 Å². The summed E-state index contributed by atoms with van der Waals surface area (Å²) in [4.78, 5) is 19.9. The van der Waals surface area contributed by atoms with Gasteiger partial charge in [0.05, 0.1) is 16.5 Å². The van der Waals surface area contributed by atoms with Crippen molar-refractivity contribution in [2.45, 2.75) is 13.3 Å². The fourth-order valence-electron chi connectivity index (χ4n) is 2.66. The van der Waals surface area contributed by atoms with Crippen LogP contribution in [-0.2, 0) is 0 Å². The fourth-order valence-corrected chi connectivity index (χ4v) is 3.58. The normalized spacial score (nSPS) is 10.6. The number of thiazole rings is 1. The van der Waals surface area contributed by atoms with Crippen LogP contribution in [0.1, 0.15) is 21.9 Å². The maximum atomic E-state index is 12.9. The summed E-state index contributed by atoms with van der Waals surface area (Å²) in [5.74, 6) is 0.229. The maximum absolute atomic E-state index is 12.9. The summed E-state index contributed by atoms with van der Waals surface area (Å²) in [5, 5.41) is 0.866. The van der Waals surface area contributed by atoms with Crippen molar-refractivity contribution in [2.24, 2.45) is 0 Å². The van der Waals surface area contributed by atoms with Crippen molar-refractivity contribution in [1.29, 1.82) is 0 Å². The molecule has 1 amide bonds. The van der Waals surface area contributed by atoms with Crippen LogP contribution in [0.25, 0.3) is 10.4 Å². The quantitative estimate of drug-likeness (QED) is 0.550. The first-order valence-corrected chi connectivity index (χ1v) is 9.53. The van der Waals surface area contributed by atoms with Gasteiger partial charge in [0.2, 0.25) is 0 Å². The zero-order chi connectivity index (χ0) is 19.2. The highest BCUT2D eigenvalue weighted by atomic mass is 32.1. The van der Waals surface area contributed by atoms with Gasteiger partial charge in [0.15, 0.2) is 0 Å². The molecule has 6 heteroatoms. The van der Waals surface area contributed by atoms with Crippen LogP contribution in [0.2, 0.25) is 0 Å². The molecule has 2 aromatic carbocycles. The van der Waals surface area contributed by atoms with Crippen LogP contribution in [0.5, 0.6) is 5.75 Å². The Morgan fingerprint density at radius 1 is 1.15 bits per heavy atom. The molecule has 27 heavy (non-hydrogen) atoms. The number of halogens is 1. The van der Waals surface area contributed by atoms with E-state index in [9.17, 15) is 9.18 Å². The lowest BCUT2D eigenvalue weighted by Crippen LogP contribution is -2.29. The van der Waals surface area contributed by atoms with Gasteiger partial charge in [-0.05, 0) is 43.2 Å². The first-order chi connectivity index (χ1) is 13.0. The first-order valence-electron chi connectivity index (χ1n) is 8.71. The third-order valence-electron chi connectivity index (χ3n) is 4.04. The Morgan fingerprint density at radius 2 is 1.85 bits per heavy atom. The van der Waals surface area contributed by atoms with Crippen molar-refractivity contribution in [2.75, 3.05) is 20.2 Å². The van der Waals surface area contributed by atoms with Crippen molar-refractivity contribution in [3.05, 3.63) is 71.1 Å². The largest absolute Gasteiger partial charge is 0.494 e. The zero-order valence-electron chi connectivity index (χ0n) is 15.3. The van der Waals surface area contributed by atoms with E-state index in [1.165, 1.54) is 23.5 Å². The lowest BCUT2D eigenvalue weighted by atomic mass is 10.1. The van der Waals surface area contributed by atoms with Gasteiger partial charge < -0.3 is 9.64 Å². The molecule has 0 saturated heterocycles. The fraction of sp³-hybridized carbons (Fsp3) is 0.238. The van der Waals surface area contributed by atoms with Gasteiger partial charge in [0.1, 0.15) is 17.3 Å². The molecule has 1 aromatic heterocycles. The molecule has 0 bridgehead atoms. The molecule has 0 unspecified atom stereocenters. The molecule has 4 nitrogen and oxygen atoms in total. The predicted octanol–water partition coefficient (Wildman–Crippen LogP) is 4.80. The number of carbonyl (C=O) groups is 1. The first kappa shape index (κ1) is 19.0. The molecule has 3 rings (SSSR count). The standard InChI is InChI=1S/C21H21FN2O2S/c1-15-23-19(20(27-15)16-7-4-3-5-8-16)21(25)24(2)13-6-14-26-18-11-9-17(22)10-12-18/h3-5,7-12H,6,13-14H2,1-2H3. The minimum absolute atomic E-state index is 0.0972. The average Bonchev–Trinajstić information content (AvgIpc) is 3.08. The number of ether oxygens (including phenoxy) is 1. The molecule has 0 radical (unpaired) electrons. The zero-order valence-corrected chi connectivity index (χ0v) is 16.1. The van der Waals surface area contributed by atoms with Crippen LogP contribution in [-0.4, -0.2) is 36.0 Å². The Bertz CT molecular complexity index is 894. The second-order valence-electron chi connectivity index (χ2n) is 6.16. The summed E-state index contributed by atoms with van der Waals surface area (Å²) in [6, 6.07) is 15.7. The summed E-state index contributed by atoms with van der Waals surface area (Å²) in [7, 11) is 1.77. The van der Waals surface area contributed by atoms with Gasteiger partial charge in [0.25, 0.3) is 5.91 Å². The molecular formula is C21H21FN2O2S. The van der Waals surface area contributed by atoms with Crippen molar-refractivity contribution in [3.8, 4) is 16.2 Å². The molecule has 0 spiro atoms. The molecule has 0 N–H and O–H groups in total. The van der Waals surface area contributed by atoms with Crippen LogP contribution >= 0.6 is 11.3 Å². The summed E-state index contributed by atoms with van der Waals surface area (Å²) in [5.41, 5.74) is 1.49. The van der Waals surface area contributed by atoms with Gasteiger partial charge in [-0.25, -0.2) is 9.37 Å². The number of aromatic nitrogens is 1. The summed E-state index contributed by atoms with van der Waals surface area (Å²) < 4.78 is 18.5. The summed E-state index contributed by atoms with van der Waals surface area (Å²) in [6.07, 6.45) is 0.670. The summed E-state index contributed by atoms with van der Waals surface area (Å²) in [6.45, 7) is 2.90. The molecule has 3 aromatic rings. The Balaban J connectivity index is 1.58. The van der Waals surface area contributed by atoms with E-state index in [1.807, 2.05) is 37.3 Å². The Labute approximate surface area is 162 Å². The van der Waals surface area contributed by atoms with E-state index in [2.05, 4.69) is 4.98 Å². The van der Waals surface area contributed by atoms with Gasteiger partial charge in [0, 0.05) is 13.6 Å². The topological polar surface area (TPSA) is 42.4 Å². The van der Waals surface area contributed by atoms with E-state index in [-0.39, 0.29) is 11.7 Å². The lowest BCUT2D eigenvalue weighted by molar-refractivity contribution is 0.0783. The smallest absolute Gasteiger partial charge is 0.273 e. The molecule has 1 heterocycles. The minimum atomic E-state index is -0.291. The molecule has 140 valence electrons. The van der Waals surface area contributed by atoms with E-state index in [1.54, 1.807) is 24.1 Å². The number of hydrogen-bond donors (Lipinski definition) is 0. The van der Waals surface area contributed by atoms with E-state index in [0.717, 1.165) is 15.4 Å². The van der Waals surface area contributed by atoms with Crippen molar-refractivity contribution >= 4 is 17.2 Å². The van der Waals surface area contributed by atoms with E-state index >= 15 is 0 Å². The second kappa shape index (κ2) is 8.77. The molecule has 0 saturated carbocycles. The van der Waals surface area contributed by atoms with Crippen LogP contribution in [0.15, 0.2) is 54.6 Å². The average molecular weight is 384 g/mol. The van der Waals surface area contributed by atoms with E-state index < -0.39 is 0 Å². The number of benzene rings is 2. The number of rotatable bonds is 7. The number of amides is 1. The minimum Gasteiger partial charge on any atom is -0.494 e. The van der Waals surface area contributed by atoms with Gasteiger partial charge >= 0.3 is 0 Å². The third kappa shape index (κ3) is 4.92. The number of carbonyl (C=O) groups excluding carboxylic acids is 1. The predicted molar refractivity (Wildman–Crippen MR) is 106 cm³/mol.